The molecule has 3 N–H and O–H groups in total. The number of hydrogen-bond donors (Lipinski definition) is 2. The number of carbonyl (C=O) groups is 3. The molecule has 11 nitrogen and oxygen atoms in total. The molecule has 1 aliphatic heterocycles. The van der Waals surface area contributed by atoms with Gasteiger partial charge in [0, 0.05) is 20.2 Å². The Kier molecular flexibility index (Phi) is 11.7. The second-order valence-electron chi connectivity index (χ2n) is 10.8. The Morgan fingerprint density at radius 2 is 1.60 bits per heavy atom. The van der Waals surface area contributed by atoms with Crippen molar-refractivity contribution in [3.63, 3.8) is 0 Å². The summed E-state index contributed by atoms with van der Waals surface area (Å²) < 4.78 is 85.3. The number of ether oxygens (including phenoxy) is 2. The summed E-state index contributed by atoms with van der Waals surface area (Å²) in [5.74, 6) is -4.06. The van der Waals surface area contributed by atoms with Crippen LogP contribution in [-0.2, 0) is 41.2 Å². The first-order chi connectivity index (χ1) is 21.9. The first kappa shape index (κ1) is 36.9. The molecule has 0 aliphatic carbocycles. The fourth-order valence-electron chi connectivity index (χ4n) is 4.49. The van der Waals surface area contributed by atoms with Gasteiger partial charge in [0.1, 0.15) is 17.6 Å². The number of amides is 1. The molecule has 3 aromatic rings. The number of hydrogen-bond acceptors (Lipinski definition) is 8. The van der Waals surface area contributed by atoms with Crippen molar-refractivity contribution in [3.05, 3.63) is 95.8 Å². The summed E-state index contributed by atoms with van der Waals surface area (Å²) in [6, 6.07) is 20.0. The van der Waals surface area contributed by atoms with Crippen molar-refractivity contribution in [1.29, 1.82) is 0 Å². The average Bonchev–Trinajstić information content (AvgIpc) is 2.98. The number of halogens is 4. The van der Waals surface area contributed by atoms with Crippen molar-refractivity contribution in [2.75, 3.05) is 27.2 Å². The summed E-state index contributed by atoms with van der Waals surface area (Å²) >= 11 is 0. The first-order valence-corrected chi connectivity index (χ1v) is 15.4. The lowest BCUT2D eigenvalue weighted by molar-refractivity contribution is -0.192. The largest absolute Gasteiger partial charge is 0.490 e. The lowest BCUT2D eigenvalue weighted by Crippen LogP contribution is -2.64. The lowest BCUT2D eigenvalue weighted by Gasteiger charge is -2.48. The number of nitrogens with zero attached hydrogens (tertiary/aromatic N) is 2. The molecule has 1 aliphatic rings. The predicted molar refractivity (Wildman–Crippen MR) is 160 cm³/mol. The van der Waals surface area contributed by atoms with Gasteiger partial charge in [-0.3, -0.25) is 9.59 Å². The number of esters is 1. The van der Waals surface area contributed by atoms with Gasteiger partial charge in [0.05, 0.1) is 18.0 Å². The Labute approximate surface area is 268 Å². The second-order valence-corrected chi connectivity index (χ2v) is 12.7. The van der Waals surface area contributed by atoms with Crippen molar-refractivity contribution in [1.82, 2.24) is 9.21 Å². The molecule has 1 fully saturated rings. The Balaban J connectivity index is 0.000000771. The number of sulfonamides is 1. The SMILES string of the molecule is C[C@H](OC(=O)[C@@H](N)Cc1cccc(S(=O)(=O)N2CC(Oc3cccc(F)c3)(c3ccccc3)C2)c1)C(=O)N(C)C.O=C(O)C(F)(F)F. The number of likely N-dealkylation sites (N-methyl/N-ethyl adjacent to an activating group) is 1. The van der Waals surface area contributed by atoms with Crippen LogP contribution in [0.3, 0.4) is 0 Å². The summed E-state index contributed by atoms with van der Waals surface area (Å²) in [5, 5.41) is 7.12. The van der Waals surface area contributed by atoms with Crippen LogP contribution >= 0.6 is 0 Å². The van der Waals surface area contributed by atoms with E-state index < -0.39 is 51.7 Å². The minimum absolute atomic E-state index is 0.0156. The second kappa shape index (κ2) is 14.9. The average molecular weight is 684 g/mol. The van der Waals surface area contributed by atoms with E-state index in [1.54, 1.807) is 32.3 Å². The van der Waals surface area contributed by atoms with Gasteiger partial charge in [0.25, 0.3) is 5.91 Å². The zero-order valence-electron chi connectivity index (χ0n) is 25.5. The van der Waals surface area contributed by atoms with Crippen molar-refractivity contribution in [2.45, 2.75) is 42.2 Å². The van der Waals surface area contributed by atoms with E-state index >= 15 is 0 Å². The highest BCUT2D eigenvalue weighted by Gasteiger charge is 2.52. The van der Waals surface area contributed by atoms with Crippen molar-refractivity contribution >= 4 is 27.9 Å². The topological polar surface area (TPSA) is 157 Å². The van der Waals surface area contributed by atoms with Crippen LogP contribution in [0.2, 0.25) is 0 Å². The highest BCUT2D eigenvalue weighted by molar-refractivity contribution is 7.89. The third-order valence-corrected chi connectivity index (χ3v) is 8.68. The molecule has 0 saturated carbocycles. The van der Waals surface area contributed by atoms with Gasteiger partial charge in [0.15, 0.2) is 11.7 Å². The summed E-state index contributed by atoms with van der Waals surface area (Å²) in [4.78, 5) is 34.6. The quantitative estimate of drug-likeness (QED) is 0.242. The first-order valence-electron chi connectivity index (χ1n) is 13.9. The molecule has 16 heteroatoms. The highest BCUT2D eigenvalue weighted by atomic mass is 32.2. The maximum Gasteiger partial charge on any atom is 0.490 e. The fraction of sp³-hybridized carbons (Fsp3) is 0.323. The third kappa shape index (κ3) is 9.49. The summed E-state index contributed by atoms with van der Waals surface area (Å²) in [5.41, 5.74) is 6.30. The van der Waals surface area contributed by atoms with E-state index in [2.05, 4.69) is 0 Å². The fourth-order valence-corrected chi connectivity index (χ4v) is 6.10. The van der Waals surface area contributed by atoms with Crippen LogP contribution in [0.25, 0.3) is 0 Å². The van der Waals surface area contributed by atoms with Crippen LogP contribution in [0.5, 0.6) is 5.75 Å². The minimum Gasteiger partial charge on any atom is -0.480 e. The van der Waals surface area contributed by atoms with E-state index in [1.165, 1.54) is 46.5 Å². The minimum atomic E-state index is -5.08. The van der Waals surface area contributed by atoms with Crippen LogP contribution in [0.4, 0.5) is 17.6 Å². The molecule has 3 aromatic carbocycles. The van der Waals surface area contributed by atoms with Gasteiger partial charge in [0.2, 0.25) is 10.0 Å². The normalized spacial score (nSPS) is 15.6. The summed E-state index contributed by atoms with van der Waals surface area (Å²) in [7, 11) is -0.828. The van der Waals surface area contributed by atoms with Gasteiger partial charge in [-0.25, -0.2) is 17.6 Å². The molecule has 1 saturated heterocycles. The molecule has 1 amide bonds. The molecule has 0 unspecified atom stereocenters. The molecule has 0 spiro atoms. The van der Waals surface area contributed by atoms with Gasteiger partial charge in [-0.1, -0.05) is 48.5 Å². The Morgan fingerprint density at radius 3 is 2.15 bits per heavy atom. The predicted octanol–water partition coefficient (Wildman–Crippen LogP) is 3.33. The summed E-state index contributed by atoms with van der Waals surface area (Å²) in [6.07, 6.45) is -6.06. The lowest BCUT2D eigenvalue weighted by atomic mass is 9.87. The van der Waals surface area contributed by atoms with Crippen molar-refractivity contribution in [3.8, 4) is 5.75 Å². The molecule has 0 aromatic heterocycles. The number of carboxylic acid groups (broad SMARTS) is 1. The highest BCUT2D eigenvalue weighted by Crippen LogP contribution is 2.40. The molecule has 1 heterocycles. The van der Waals surface area contributed by atoms with Crippen LogP contribution in [-0.4, -0.2) is 86.1 Å². The monoisotopic (exact) mass is 683 g/mol. The zero-order chi connectivity index (χ0) is 35.2. The van der Waals surface area contributed by atoms with Crippen LogP contribution in [0.1, 0.15) is 18.1 Å². The van der Waals surface area contributed by atoms with Gasteiger partial charge in [-0.05, 0) is 48.7 Å². The molecule has 0 bridgehead atoms. The van der Waals surface area contributed by atoms with Crippen LogP contribution in [0, 0.1) is 5.82 Å². The van der Waals surface area contributed by atoms with E-state index in [0.29, 0.717) is 11.3 Å². The van der Waals surface area contributed by atoms with Gasteiger partial charge < -0.3 is 25.2 Å². The zero-order valence-corrected chi connectivity index (χ0v) is 26.3. The molecule has 254 valence electrons. The molecule has 2 atom stereocenters. The van der Waals surface area contributed by atoms with Crippen molar-refractivity contribution < 1.29 is 54.9 Å². The maximum atomic E-state index is 13.8. The number of carbonyl (C=O) groups excluding carboxylic acids is 2. The number of benzene rings is 3. The van der Waals surface area contributed by atoms with Crippen molar-refractivity contribution in [2.24, 2.45) is 5.73 Å². The van der Waals surface area contributed by atoms with E-state index in [1.807, 2.05) is 30.3 Å². The number of carboxylic acids is 1. The van der Waals surface area contributed by atoms with Gasteiger partial charge >= 0.3 is 18.1 Å². The third-order valence-electron chi connectivity index (χ3n) is 6.89. The molecule has 4 rings (SSSR count). The molecular weight excluding hydrogens is 650 g/mol. The number of aliphatic carboxylic acids is 1. The standard InChI is InChI=1S/C29H32FN3O6S.C2HF3O2/c1-20(27(34)32(2)3)38-28(35)26(31)16-21-9-7-14-25(15-21)40(36,37)33-18-29(19-33,22-10-5-4-6-11-22)39-24-13-8-12-23(30)17-24;3-2(4,5)1(6)7/h4-15,17,20,26H,16,18-19,31H2,1-3H3;(H,6,7)/t20-,26-;/m0./s1. The van der Waals surface area contributed by atoms with Crippen LogP contribution < -0.4 is 10.5 Å². The van der Waals surface area contributed by atoms with Gasteiger partial charge in [-0.15, -0.1) is 0 Å². The van der Waals surface area contributed by atoms with E-state index in [0.717, 1.165) is 5.56 Å². The maximum absolute atomic E-state index is 13.8. The smallest absolute Gasteiger partial charge is 0.480 e. The Morgan fingerprint density at radius 1 is 1.00 bits per heavy atom. The Bertz CT molecular complexity index is 1680. The number of alkyl halides is 3. The molecular formula is C31H33F4N3O8S. The van der Waals surface area contributed by atoms with E-state index in [9.17, 15) is 35.6 Å². The Hall–Kier alpha value is -4.54. The number of rotatable bonds is 10. The molecule has 0 radical (unpaired) electrons. The summed E-state index contributed by atoms with van der Waals surface area (Å²) in [6.45, 7) is 1.49. The van der Waals surface area contributed by atoms with Gasteiger partial charge in [-0.2, -0.15) is 17.5 Å². The molecule has 47 heavy (non-hydrogen) atoms. The van der Waals surface area contributed by atoms with Crippen LogP contribution in [0.15, 0.2) is 83.8 Å². The van der Waals surface area contributed by atoms with E-state index in [4.69, 9.17) is 25.1 Å². The number of nitrogens with two attached hydrogens (primary N) is 1. The van der Waals surface area contributed by atoms with E-state index in [-0.39, 0.29) is 30.3 Å².